The summed E-state index contributed by atoms with van der Waals surface area (Å²) >= 11 is 6.11. The summed E-state index contributed by atoms with van der Waals surface area (Å²) in [4.78, 5) is 14.7. The number of carbonyl (C=O) groups is 1. The zero-order valence-electron chi connectivity index (χ0n) is 13.3. The predicted molar refractivity (Wildman–Crippen MR) is 87.1 cm³/mol. The molecule has 0 radical (unpaired) electrons. The first-order valence-corrected chi connectivity index (χ1v) is 8.13. The second-order valence-corrected chi connectivity index (χ2v) is 6.79. The number of hydrogen-bond donors (Lipinski definition) is 1. The maximum absolute atomic E-state index is 12.7. The molecule has 1 aromatic rings. The van der Waals surface area contributed by atoms with Gasteiger partial charge >= 0.3 is 0 Å². The lowest BCUT2D eigenvalue weighted by atomic mass is 10.0. The molecule has 2 rings (SSSR count). The van der Waals surface area contributed by atoms with Gasteiger partial charge in [-0.25, -0.2) is 0 Å². The van der Waals surface area contributed by atoms with E-state index in [9.17, 15) is 4.79 Å². The van der Waals surface area contributed by atoms with Crippen LogP contribution in [-0.4, -0.2) is 23.4 Å². The molecule has 116 valence electrons. The molecule has 3 atom stereocenters. The van der Waals surface area contributed by atoms with E-state index < -0.39 is 0 Å². The van der Waals surface area contributed by atoms with Crippen LogP contribution >= 0.6 is 11.6 Å². The summed E-state index contributed by atoms with van der Waals surface area (Å²) < 4.78 is 0. The molecule has 1 aliphatic rings. The molecule has 0 aromatic heterocycles. The summed E-state index contributed by atoms with van der Waals surface area (Å²) in [7, 11) is 0. The number of halogens is 1. The minimum absolute atomic E-state index is 0.0717. The van der Waals surface area contributed by atoms with Gasteiger partial charge in [0.2, 0.25) is 5.91 Å². The molecule has 0 saturated carbocycles. The molecule has 1 amide bonds. The second kappa shape index (κ2) is 6.80. The molecule has 4 heteroatoms. The monoisotopic (exact) mass is 308 g/mol. The van der Waals surface area contributed by atoms with Crippen molar-refractivity contribution >= 4 is 17.5 Å². The van der Waals surface area contributed by atoms with E-state index in [1.807, 2.05) is 29.2 Å². The smallest absolute Gasteiger partial charge is 0.241 e. The standard InChI is InChI=1S/C17H25ClN2O/c1-5-12(4)10-20-16(13-7-6-8-14(18)9-13)19-15(11(2)3)17(20)21/h6-9,11-12,15-16,19H,5,10H2,1-4H3. The highest BCUT2D eigenvalue weighted by atomic mass is 35.5. The number of rotatable bonds is 5. The molecule has 21 heavy (non-hydrogen) atoms. The Bertz CT molecular complexity index is 503. The average Bonchev–Trinajstić information content (AvgIpc) is 2.76. The van der Waals surface area contributed by atoms with Gasteiger partial charge in [-0.15, -0.1) is 0 Å². The fraction of sp³-hybridized carbons (Fsp3) is 0.588. The fourth-order valence-corrected chi connectivity index (χ4v) is 2.93. The molecule has 0 spiro atoms. The number of nitrogens with one attached hydrogen (secondary N) is 1. The third-order valence-corrected chi connectivity index (χ3v) is 4.47. The Balaban J connectivity index is 2.29. The lowest BCUT2D eigenvalue weighted by Gasteiger charge is -2.27. The van der Waals surface area contributed by atoms with Crippen LogP contribution in [0.2, 0.25) is 5.02 Å². The molecule has 1 fully saturated rings. The van der Waals surface area contributed by atoms with Gasteiger partial charge in [0, 0.05) is 11.6 Å². The van der Waals surface area contributed by atoms with E-state index in [-0.39, 0.29) is 24.0 Å². The molecule has 0 bridgehead atoms. The van der Waals surface area contributed by atoms with E-state index in [1.165, 1.54) is 0 Å². The van der Waals surface area contributed by atoms with Gasteiger partial charge in [0.25, 0.3) is 0 Å². The quantitative estimate of drug-likeness (QED) is 0.896. The van der Waals surface area contributed by atoms with Crippen molar-refractivity contribution in [1.82, 2.24) is 10.2 Å². The van der Waals surface area contributed by atoms with E-state index in [0.29, 0.717) is 10.9 Å². The highest BCUT2D eigenvalue weighted by Gasteiger charge is 2.41. The number of nitrogens with zero attached hydrogens (tertiary/aromatic N) is 1. The minimum Gasteiger partial charge on any atom is -0.321 e. The maximum atomic E-state index is 12.7. The lowest BCUT2D eigenvalue weighted by molar-refractivity contribution is -0.131. The Morgan fingerprint density at radius 3 is 2.62 bits per heavy atom. The van der Waals surface area contributed by atoms with E-state index in [2.05, 4.69) is 33.0 Å². The molecule has 1 saturated heterocycles. The van der Waals surface area contributed by atoms with Crippen molar-refractivity contribution in [3.63, 3.8) is 0 Å². The van der Waals surface area contributed by atoms with E-state index in [0.717, 1.165) is 18.5 Å². The summed E-state index contributed by atoms with van der Waals surface area (Å²) in [6.45, 7) is 9.29. The van der Waals surface area contributed by atoms with Crippen LogP contribution < -0.4 is 5.32 Å². The SMILES string of the molecule is CCC(C)CN1C(=O)C(C(C)C)NC1c1cccc(Cl)c1. The van der Waals surface area contributed by atoms with E-state index in [4.69, 9.17) is 11.6 Å². The molecular weight excluding hydrogens is 284 g/mol. The van der Waals surface area contributed by atoms with Crippen molar-refractivity contribution in [2.24, 2.45) is 11.8 Å². The van der Waals surface area contributed by atoms with E-state index >= 15 is 0 Å². The number of carbonyl (C=O) groups excluding carboxylic acids is 1. The average molecular weight is 309 g/mol. The van der Waals surface area contributed by atoms with Crippen molar-refractivity contribution in [3.05, 3.63) is 34.9 Å². The number of hydrogen-bond acceptors (Lipinski definition) is 2. The Labute approximate surface area is 132 Å². The first kappa shape index (κ1) is 16.3. The van der Waals surface area contributed by atoms with Gasteiger partial charge in [-0.05, 0) is 29.5 Å². The van der Waals surface area contributed by atoms with Crippen LogP contribution in [0.4, 0.5) is 0 Å². The van der Waals surface area contributed by atoms with Crippen molar-refractivity contribution in [1.29, 1.82) is 0 Å². The molecule has 1 N–H and O–H groups in total. The predicted octanol–water partition coefficient (Wildman–Crippen LogP) is 3.84. The van der Waals surface area contributed by atoms with Gasteiger partial charge in [-0.3, -0.25) is 10.1 Å². The molecule has 3 nitrogen and oxygen atoms in total. The molecular formula is C17H25ClN2O. The summed E-state index contributed by atoms with van der Waals surface area (Å²) in [6, 6.07) is 7.66. The van der Waals surface area contributed by atoms with Crippen molar-refractivity contribution in [2.75, 3.05) is 6.54 Å². The first-order valence-electron chi connectivity index (χ1n) is 7.76. The van der Waals surface area contributed by atoms with Crippen molar-refractivity contribution in [2.45, 2.75) is 46.3 Å². The number of benzene rings is 1. The number of amides is 1. The molecule has 1 aromatic carbocycles. The maximum Gasteiger partial charge on any atom is 0.241 e. The topological polar surface area (TPSA) is 32.3 Å². The zero-order valence-corrected chi connectivity index (χ0v) is 14.0. The lowest BCUT2D eigenvalue weighted by Crippen LogP contribution is -2.36. The largest absolute Gasteiger partial charge is 0.321 e. The van der Waals surface area contributed by atoms with Gasteiger partial charge < -0.3 is 4.90 Å². The summed E-state index contributed by atoms with van der Waals surface area (Å²) in [5.74, 6) is 0.972. The van der Waals surface area contributed by atoms with Gasteiger partial charge in [0.1, 0.15) is 6.17 Å². The minimum atomic E-state index is -0.113. The Morgan fingerprint density at radius 1 is 1.33 bits per heavy atom. The molecule has 0 aliphatic carbocycles. The second-order valence-electron chi connectivity index (χ2n) is 6.35. The van der Waals surface area contributed by atoms with Gasteiger partial charge in [0.05, 0.1) is 6.04 Å². The van der Waals surface area contributed by atoms with Crippen molar-refractivity contribution in [3.8, 4) is 0 Å². The van der Waals surface area contributed by atoms with Crippen LogP contribution in [0.3, 0.4) is 0 Å². The highest BCUT2D eigenvalue weighted by Crippen LogP contribution is 2.30. The van der Waals surface area contributed by atoms with Crippen LogP contribution in [0.5, 0.6) is 0 Å². The third-order valence-electron chi connectivity index (χ3n) is 4.23. The van der Waals surface area contributed by atoms with Crippen LogP contribution in [0.25, 0.3) is 0 Å². The Morgan fingerprint density at radius 2 is 2.05 bits per heavy atom. The summed E-state index contributed by atoms with van der Waals surface area (Å²) in [5, 5.41) is 4.19. The Hall–Kier alpha value is -1.06. The van der Waals surface area contributed by atoms with Gasteiger partial charge in [-0.2, -0.15) is 0 Å². The first-order chi connectivity index (χ1) is 9.93. The third kappa shape index (κ3) is 3.58. The van der Waals surface area contributed by atoms with Crippen LogP contribution in [0, 0.1) is 11.8 Å². The molecule has 3 unspecified atom stereocenters. The normalized spacial score (nSPS) is 23.9. The summed E-state index contributed by atoms with van der Waals surface area (Å²) in [5.41, 5.74) is 1.06. The van der Waals surface area contributed by atoms with Gasteiger partial charge in [0.15, 0.2) is 0 Å². The van der Waals surface area contributed by atoms with Crippen LogP contribution in [0.15, 0.2) is 24.3 Å². The van der Waals surface area contributed by atoms with Crippen LogP contribution in [0.1, 0.15) is 45.8 Å². The van der Waals surface area contributed by atoms with E-state index in [1.54, 1.807) is 0 Å². The van der Waals surface area contributed by atoms with Crippen LogP contribution in [-0.2, 0) is 4.79 Å². The van der Waals surface area contributed by atoms with Crippen molar-refractivity contribution < 1.29 is 4.79 Å². The zero-order chi connectivity index (χ0) is 15.6. The fourth-order valence-electron chi connectivity index (χ4n) is 2.73. The highest BCUT2D eigenvalue weighted by molar-refractivity contribution is 6.30. The van der Waals surface area contributed by atoms with Gasteiger partial charge in [-0.1, -0.05) is 57.8 Å². The molecule has 1 heterocycles. The molecule has 1 aliphatic heterocycles. The Kier molecular flexibility index (Phi) is 5.28. The summed E-state index contributed by atoms with van der Waals surface area (Å²) in [6.07, 6.45) is 0.996.